The van der Waals surface area contributed by atoms with Gasteiger partial charge < -0.3 is 9.73 Å². The van der Waals surface area contributed by atoms with E-state index in [2.05, 4.69) is 5.32 Å². The average molecular weight is 334 g/mol. The summed E-state index contributed by atoms with van der Waals surface area (Å²) in [5.74, 6) is 0.396. The first kappa shape index (κ1) is 14.9. The number of hydrogen-bond acceptors (Lipinski definition) is 2. The molecule has 0 unspecified atom stereocenters. The van der Waals surface area contributed by atoms with Gasteiger partial charge in [-0.25, -0.2) is 0 Å². The number of amides is 1. The van der Waals surface area contributed by atoms with Crippen LogP contribution in [0.2, 0.25) is 10.0 Å². The summed E-state index contributed by atoms with van der Waals surface area (Å²) in [7, 11) is 0. The number of benzene rings is 2. The second-order valence-electron chi connectivity index (χ2n) is 4.98. The fraction of sp³-hybridized carbons (Fsp3) is 0.118. The number of halogens is 2. The average Bonchev–Trinajstić information content (AvgIpc) is 2.94. The molecule has 0 aliphatic rings. The lowest BCUT2D eigenvalue weighted by atomic mass is 10.1. The highest BCUT2D eigenvalue weighted by Crippen LogP contribution is 2.27. The van der Waals surface area contributed by atoms with Gasteiger partial charge in [0.1, 0.15) is 11.3 Å². The number of hydrogen-bond donors (Lipinski definition) is 1. The van der Waals surface area contributed by atoms with Crippen molar-refractivity contribution in [1.82, 2.24) is 5.32 Å². The Bertz CT molecular complexity index is 809. The second kappa shape index (κ2) is 6.03. The van der Waals surface area contributed by atoms with Crippen molar-refractivity contribution in [2.24, 2.45) is 0 Å². The summed E-state index contributed by atoms with van der Waals surface area (Å²) in [5, 5.41) is 4.47. The van der Waals surface area contributed by atoms with Crippen molar-refractivity contribution in [3.05, 3.63) is 69.9 Å². The molecule has 1 aromatic heterocycles. The van der Waals surface area contributed by atoms with Gasteiger partial charge in [0.25, 0.3) is 5.91 Å². The van der Waals surface area contributed by atoms with E-state index < -0.39 is 0 Å². The number of furan rings is 1. The molecule has 112 valence electrons. The van der Waals surface area contributed by atoms with E-state index in [-0.39, 0.29) is 17.0 Å². The molecule has 3 aromatic rings. The number of carbonyl (C=O) groups is 1. The van der Waals surface area contributed by atoms with E-state index >= 15 is 0 Å². The van der Waals surface area contributed by atoms with E-state index in [4.69, 9.17) is 27.6 Å². The van der Waals surface area contributed by atoms with Crippen LogP contribution >= 0.6 is 23.2 Å². The first-order valence-electron chi connectivity index (χ1n) is 6.79. The molecule has 0 spiro atoms. The molecule has 0 aliphatic heterocycles. The zero-order chi connectivity index (χ0) is 15.7. The van der Waals surface area contributed by atoms with Crippen LogP contribution in [0.4, 0.5) is 0 Å². The van der Waals surface area contributed by atoms with E-state index in [1.54, 1.807) is 18.2 Å². The van der Waals surface area contributed by atoms with E-state index in [9.17, 15) is 4.79 Å². The molecular weight excluding hydrogens is 321 g/mol. The summed E-state index contributed by atoms with van der Waals surface area (Å²) in [6.07, 6.45) is 0. The van der Waals surface area contributed by atoms with Crippen LogP contribution < -0.4 is 5.32 Å². The second-order valence-corrected chi connectivity index (χ2v) is 5.77. The van der Waals surface area contributed by atoms with Crippen LogP contribution in [0.3, 0.4) is 0 Å². The molecule has 0 saturated heterocycles. The van der Waals surface area contributed by atoms with Gasteiger partial charge in [0, 0.05) is 5.39 Å². The van der Waals surface area contributed by atoms with Gasteiger partial charge in [0.05, 0.1) is 21.7 Å². The van der Waals surface area contributed by atoms with Gasteiger partial charge in [-0.1, -0.05) is 47.5 Å². The van der Waals surface area contributed by atoms with Gasteiger partial charge in [-0.15, -0.1) is 0 Å². The highest BCUT2D eigenvalue weighted by Gasteiger charge is 2.18. The lowest BCUT2D eigenvalue weighted by Crippen LogP contribution is -2.26. The van der Waals surface area contributed by atoms with Crippen molar-refractivity contribution in [3.8, 4) is 0 Å². The maximum atomic E-state index is 12.3. The molecular formula is C17H13Cl2NO2. The van der Waals surface area contributed by atoms with E-state index in [0.717, 1.165) is 11.0 Å². The lowest BCUT2D eigenvalue weighted by Gasteiger charge is -2.12. The molecule has 0 radical (unpaired) electrons. The Balaban J connectivity index is 1.82. The number of para-hydroxylation sites is 1. The van der Waals surface area contributed by atoms with Crippen LogP contribution in [0.1, 0.15) is 29.1 Å². The lowest BCUT2D eigenvalue weighted by molar-refractivity contribution is 0.0936. The normalized spacial score (nSPS) is 12.3. The monoisotopic (exact) mass is 333 g/mol. The number of carbonyl (C=O) groups excluding carboxylic acids is 1. The zero-order valence-electron chi connectivity index (χ0n) is 11.8. The van der Waals surface area contributed by atoms with Crippen LogP contribution in [0.5, 0.6) is 0 Å². The Hall–Kier alpha value is -1.97. The van der Waals surface area contributed by atoms with Gasteiger partial charge in [-0.2, -0.15) is 0 Å². The molecule has 5 heteroatoms. The highest BCUT2D eigenvalue weighted by atomic mass is 35.5. The van der Waals surface area contributed by atoms with Crippen molar-refractivity contribution in [2.75, 3.05) is 0 Å². The number of rotatable bonds is 3. The zero-order valence-corrected chi connectivity index (χ0v) is 13.3. The third-order valence-corrected chi connectivity index (χ3v) is 4.23. The summed E-state index contributed by atoms with van der Waals surface area (Å²) in [6, 6.07) is 14.3. The Morgan fingerprint density at radius 2 is 1.91 bits per heavy atom. The predicted octanol–water partition coefficient (Wildman–Crippen LogP) is 5.23. The topological polar surface area (TPSA) is 42.2 Å². The summed E-state index contributed by atoms with van der Waals surface area (Å²) >= 11 is 12.0. The molecule has 1 atom stereocenters. The van der Waals surface area contributed by atoms with Gasteiger partial charge in [-0.3, -0.25) is 4.79 Å². The van der Waals surface area contributed by atoms with Crippen molar-refractivity contribution < 1.29 is 9.21 Å². The standard InChI is InChI=1S/C17H13Cl2NO2/c1-10(15-9-11-5-2-3-8-14(11)22-15)20-17(21)12-6-4-7-13(18)16(12)19/h2-10H,1H3,(H,20,21)/t10-/m1/s1. The van der Waals surface area contributed by atoms with Crippen molar-refractivity contribution >= 4 is 40.1 Å². The van der Waals surface area contributed by atoms with E-state index in [1.807, 2.05) is 37.3 Å². The van der Waals surface area contributed by atoms with Crippen LogP contribution in [0, 0.1) is 0 Å². The minimum absolute atomic E-state index is 0.249. The Kier molecular flexibility index (Phi) is 4.10. The van der Waals surface area contributed by atoms with Crippen LogP contribution in [0.15, 0.2) is 52.9 Å². The largest absolute Gasteiger partial charge is 0.459 e. The molecule has 0 aliphatic carbocycles. The molecule has 0 saturated carbocycles. The summed E-state index contributed by atoms with van der Waals surface area (Å²) < 4.78 is 5.75. The SMILES string of the molecule is C[C@@H](NC(=O)c1cccc(Cl)c1Cl)c1cc2ccccc2o1. The summed E-state index contributed by atoms with van der Waals surface area (Å²) in [6.45, 7) is 1.86. The third-order valence-electron chi connectivity index (χ3n) is 3.42. The van der Waals surface area contributed by atoms with E-state index in [0.29, 0.717) is 16.3 Å². The van der Waals surface area contributed by atoms with Crippen molar-refractivity contribution in [2.45, 2.75) is 13.0 Å². The van der Waals surface area contributed by atoms with Gasteiger partial charge >= 0.3 is 0 Å². The van der Waals surface area contributed by atoms with E-state index in [1.165, 1.54) is 0 Å². The molecule has 1 amide bonds. The fourth-order valence-electron chi connectivity index (χ4n) is 2.24. The molecule has 1 heterocycles. The first-order chi connectivity index (χ1) is 10.6. The fourth-order valence-corrected chi connectivity index (χ4v) is 2.63. The highest BCUT2D eigenvalue weighted by molar-refractivity contribution is 6.43. The minimum Gasteiger partial charge on any atom is -0.459 e. The summed E-state index contributed by atoms with van der Waals surface area (Å²) in [5.41, 5.74) is 1.14. The Morgan fingerprint density at radius 1 is 1.14 bits per heavy atom. The molecule has 3 rings (SSSR count). The van der Waals surface area contributed by atoms with Gasteiger partial charge in [0.2, 0.25) is 0 Å². The van der Waals surface area contributed by atoms with Crippen molar-refractivity contribution in [1.29, 1.82) is 0 Å². The Morgan fingerprint density at radius 3 is 2.68 bits per heavy atom. The molecule has 2 aromatic carbocycles. The van der Waals surface area contributed by atoms with Gasteiger partial charge in [0.15, 0.2) is 0 Å². The summed E-state index contributed by atoms with van der Waals surface area (Å²) in [4.78, 5) is 12.3. The maximum Gasteiger partial charge on any atom is 0.253 e. The maximum absolute atomic E-state index is 12.3. The number of fused-ring (bicyclic) bond motifs is 1. The molecule has 1 N–H and O–H groups in total. The molecule has 0 bridgehead atoms. The van der Waals surface area contributed by atoms with Gasteiger partial charge in [-0.05, 0) is 31.2 Å². The quantitative estimate of drug-likeness (QED) is 0.712. The molecule has 3 nitrogen and oxygen atoms in total. The smallest absolute Gasteiger partial charge is 0.253 e. The van der Waals surface area contributed by atoms with Crippen LogP contribution in [0.25, 0.3) is 11.0 Å². The van der Waals surface area contributed by atoms with Crippen LogP contribution in [-0.2, 0) is 0 Å². The Labute approximate surface area is 137 Å². The minimum atomic E-state index is -0.291. The molecule has 0 fully saturated rings. The third kappa shape index (κ3) is 2.82. The molecule has 22 heavy (non-hydrogen) atoms. The first-order valence-corrected chi connectivity index (χ1v) is 7.55. The van der Waals surface area contributed by atoms with Crippen LogP contribution in [-0.4, -0.2) is 5.91 Å². The number of nitrogens with one attached hydrogen (secondary N) is 1. The van der Waals surface area contributed by atoms with Crippen molar-refractivity contribution in [3.63, 3.8) is 0 Å². The predicted molar refractivity (Wildman–Crippen MR) is 88.6 cm³/mol.